The van der Waals surface area contributed by atoms with E-state index in [4.69, 9.17) is 9.59 Å². The van der Waals surface area contributed by atoms with Crippen LogP contribution in [0.3, 0.4) is 0 Å². The Hall–Kier alpha value is -0.0453. The van der Waals surface area contributed by atoms with E-state index in [1.807, 2.05) is 0 Å². The molecule has 0 aromatic heterocycles. The second-order valence-electron chi connectivity index (χ2n) is 10.7. The monoisotopic (exact) mass is 914 g/mol. The van der Waals surface area contributed by atoms with Crippen molar-refractivity contribution in [3.63, 3.8) is 0 Å². The Balaban J connectivity index is -0.00000101. The molecule has 0 unspecified atom stereocenters. The molecule has 0 aromatic rings. The van der Waals surface area contributed by atoms with Crippen molar-refractivity contribution in [3.8, 4) is 0 Å². The number of carbonyl (C=O) groups excluding carboxylic acids is 7. The minimum absolute atomic E-state index is 0. The minimum Gasteiger partial charge on any atom is -0.549 e. The molecule has 1 heterocycles. The van der Waals surface area contributed by atoms with Crippen molar-refractivity contribution in [1.29, 1.82) is 0 Å². The molecule has 3 N–H and O–H groups in total. The van der Waals surface area contributed by atoms with Gasteiger partial charge >= 0.3 is 147 Å². The van der Waals surface area contributed by atoms with Crippen LogP contribution in [-0.4, -0.2) is 205 Å². The van der Waals surface area contributed by atoms with Gasteiger partial charge in [-0.05, 0) is 6.54 Å². The molecule has 21 nitrogen and oxygen atoms in total. The first kappa shape index (κ1) is 61.2. The maximum absolute atomic E-state index is 12.7. The van der Waals surface area contributed by atoms with E-state index in [0.717, 1.165) is 4.90 Å². The standard InChI is InChI=1S/C26H44N7O12.CO2.Gd.3Na/c1-28(2-3-33(18-25(42)43)19-26(44)45)13-20(34)12-27-21(35)14-29-4-6-30(15-22(36)37)8-10-32(17-24(40)41)11-9-31(7-5-29)16-23(38)39;2-1-3;;;;/h1-19H2,(H,27,35)(H,36,37)(H,38,39)(H,40,41)(H,42,43)(H,44,45);;;;;/q-1;;+3;3*+1/p-3. The van der Waals surface area contributed by atoms with Crippen LogP contribution >= 0.6 is 0 Å². The molecule has 0 spiro atoms. The predicted molar refractivity (Wildman–Crippen MR) is 152 cm³/mol. The molecule has 1 aliphatic rings. The van der Waals surface area contributed by atoms with Crippen molar-refractivity contribution in [1.82, 2.24) is 34.7 Å². The summed E-state index contributed by atoms with van der Waals surface area (Å²) in [6.07, 6.45) is 0.250. The van der Waals surface area contributed by atoms with Gasteiger partial charge in [-0.15, -0.1) is 0 Å². The number of nitrogens with one attached hydrogen (secondary N) is 1. The van der Waals surface area contributed by atoms with Crippen molar-refractivity contribution < 1.29 is 197 Å². The van der Waals surface area contributed by atoms with Crippen LogP contribution in [0.1, 0.15) is 0 Å². The topological polar surface area (TPSA) is 295 Å². The second-order valence-corrected chi connectivity index (χ2v) is 10.7. The van der Waals surface area contributed by atoms with Gasteiger partial charge < -0.3 is 50.1 Å². The van der Waals surface area contributed by atoms with Gasteiger partial charge in [0, 0.05) is 85.1 Å². The molecule has 0 atom stereocenters. The molecule has 52 heavy (non-hydrogen) atoms. The molecule has 1 fully saturated rings. The van der Waals surface area contributed by atoms with E-state index < -0.39 is 61.2 Å². The summed E-state index contributed by atoms with van der Waals surface area (Å²) in [5, 5.41) is 53.9. The Morgan fingerprint density at radius 1 is 0.615 bits per heavy atom. The van der Waals surface area contributed by atoms with E-state index in [1.165, 1.54) is 4.90 Å². The van der Waals surface area contributed by atoms with Gasteiger partial charge in [-0.1, -0.05) is 0 Å². The first-order chi connectivity index (χ1) is 22.5. The molecule has 1 rings (SSSR count). The largest absolute Gasteiger partial charge is 3.00 e. The molecular formula is C27H41GdN7Na3O14+2. The molecule has 0 aliphatic carbocycles. The molecule has 1 amide bonds. The van der Waals surface area contributed by atoms with Crippen LogP contribution < -0.4 is 109 Å². The van der Waals surface area contributed by atoms with Gasteiger partial charge in [0.1, 0.15) is 0 Å². The SMILES string of the molecule is O=C=O.[CH2-]N(CCN(CC(=O)[O-])CC(=O)[O-])CC(=O)CNC(=O)CN1CCN(CC(=O)[O-])CCN(CC(=O)O)CCN(CC(=O)O)CC1.[Gd+3].[Na+].[Na+].[Na+]. The summed E-state index contributed by atoms with van der Waals surface area (Å²) in [6, 6.07) is 0. The maximum atomic E-state index is 12.7. The van der Waals surface area contributed by atoms with E-state index in [1.54, 1.807) is 19.6 Å². The summed E-state index contributed by atoms with van der Waals surface area (Å²) < 4.78 is 0. The quantitative estimate of drug-likeness (QED) is 0.0801. The number of carboxylic acid groups (broad SMARTS) is 5. The zero-order valence-corrected chi connectivity index (χ0v) is 38.0. The third-order valence-electron chi connectivity index (χ3n) is 6.69. The van der Waals surface area contributed by atoms with Crippen molar-refractivity contribution in [2.45, 2.75) is 0 Å². The first-order valence-electron chi connectivity index (χ1n) is 14.5. The summed E-state index contributed by atoms with van der Waals surface area (Å²) in [5.41, 5.74) is 0. The van der Waals surface area contributed by atoms with Crippen LogP contribution in [0.15, 0.2) is 0 Å². The third kappa shape index (κ3) is 35.6. The zero-order valence-electron chi connectivity index (χ0n) is 29.8. The Bertz CT molecular complexity index is 1090. The first-order valence-corrected chi connectivity index (χ1v) is 14.5. The summed E-state index contributed by atoms with van der Waals surface area (Å²) in [6.45, 7) is -1.47. The normalized spacial score (nSPS) is 14.4. The van der Waals surface area contributed by atoms with E-state index in [-0.39, 0.29) is 233 Å². The van der Waals surface area contributed by atoms with Crippen molar-refractivity contribution >= 4 is 47.7 Å². The van der Waals surface area contributed by atoms with Crippen molar-refractivity contribution in [3.05, 3.63) is 7.05 Å². The molecule has 1 saturated heterocycles. The number of carbonyl (C=O) groups is 7. The van der Waals surface area contributed by atoms with E-state index in [9.17, 15) is 59.1 Å². The number of amides is 1. The molecular weight excluding hydrogens is 873 g/mol. The van der Waals surface area contributed by atoms with Crippen molar-refractivity contribution in [2.24, 2.45) is 0 Å². The van der Waals surface area contributed by atoms with Crippen molar-refractivity contribution in [2.75, 3.05) is 118 Å². The molecule has 0 aromatic carbocycles. The fourth-order valence-corrected chi connectivity index (χ4v) is 4.48. The summed E-state index contributed by atoms with van der Waals surface area (Å²) in [4.78, 5) is 106. The molecule has 0 saturated carbocycles. The Morgan fingerprint density at radius 2 is 0.962 bits per heavy atom. The van der Waals surface area contributed by atoms with Gasteiger partial charge in [0.15, 0.2) is 5.78 Å². The average Bonchev–Trinajstić information content (AvgIpc) is 2.95. The van der Waals surface area contributed by atoms with Crippen LogP contribution in [0.4, 0.5) is 0 Å². The van der Waals surface area contributed by atoms with Crippen LogP contribution in [0.25, 0.3) is 0 Å². The summed E-state index contributed by atoms with van der Waals surface area (Å²) in [7, 11) is 3.66. The van der Waals surface area contributed by atoms with Gasteiger partial charge in [0.05, 0.1) is 44.1 Å². The van der Waals surface area contributed by atoms with Crippen LogP contribution in [0.2, 0.25) is 0 Å². The Kier molecular flexibility index (Phi) is 43.0. The number of Topliss-reactive ketones (excluding diaryl/α,β-unsaturated/α-hetero) is 1. The number of rotatable bonds is 19. The van der Waals surface area contributed by atoms with Gasteiger partial charge in [-0.3, -0.25) is 50.7 Å². The predicted octanol–water partition coefficient (Wildman–Crippen LogP) is -17.9. The van der Waals surface area contributed by atoms with Gasteiger partial charge in [0.2, 0.25) is 5.91 Å². The summed E-state index contributed by atoms with van der Waals surface area (Å²) in [5.74, 6) is -7.41. The number of hydrogen-bond donors (Lipinski definition) is 3. The molecule has 277 valence electrons. The smallest absolute Gasteiger partial charge is 0.549 e. The van der Waals surface area contributed by atoms with Crippen LogP contribution in [0.5, 0.6) is 0 Å². The van der Waals surface area contributed by atoms with E-state index in [0.29, 0.717) is 0 Å². The van der Waals surface area contributed by atoms with Gasteiger partial charge in [0.25, 0.3) is 0 Å². The number of hydrogen-bond acceptors (Lipinski definition) is 18. The van der Waals surface area contributed by atoms with E-state index >= 15 is 0 Å². The zero-order chi connectivity index (χ0) is 36.6. The van der Waals surface area contributed by atoms with Crippen LogP contribution in [0, 0.1) is 47.0 Å². The molecule has 25 heteroatoms. The number of aliphatic carboxylic acids is 5. The third-order valence-corrected chi connectivity index (χ3v) is 6.69. The minimum atomic E-state index is -1.48. The average molecular weight is 914 g/mol. The molecule has 0 bridgehead atoms. The number of carboxylic acids is 5. The second kappa shape index (κ2) is 36.6. The van der Waals surface area contributed by atoms with Gasteiger partial charge in [-0.25, -0.2) is 0 Å². The summed E-state index contributed by atoms with van der Waals surface area (Å²) >= 11 is 0. The fraction of sp³-hybridized carbons (Fsp3) is 0.667. The maximum Gasteiger partial charge on any atom is 3.00 e. The fourth-order valence-electron chi connectivity index (χ4n) is 4.48. The molecule has 1 radical (unpaired) electrons. The molecule has 1 aliphatic heterocycles. The number of ketones is 1. The van der Waals surface area contributed by atoms with E-state index in [2.05, 4.69) is 12.4 Å². The number of nitrogens with zero attached hydrogens (tertiary/aromatic N) is 6. The van der Waals surface area contributed by atoms with Crippen LogP contribution in [-0.2, 0) is 43.2 Å². The van der Waals surface area contributed by atoms with Gasteiger partial charge in [-0.2, -0.15) is 9.59 Å². The Morgan fingerprint density at radius 3 is 1.29 bits per heavy atom. The Labute approximate surface area is 399 Å².